The molecular weight excluding hydrogens is 304 g/mol. The van der Waals surface area contributed by atoms with Crippen LogP contribution in [0.3, 0.4) is 0 Å². The van der Waals surface area contributed by atoms with Crippen LogP contribution in [0.2, 0.25) is 0 Å². The van der Waals surface area contributed by atoms with Gasteiger partial charge in [0.05, 0.1) is 13.5 Å². The molecule has 0 unspecified atom stereocenters. The zero-order chi connectivity index (χ0) is 16.9. The molecule has 1 heterocycles. The summed E-state index contributed by atoms with van der Waals surface area (Å²) in [6.07, 6.45) is 0.267. The summed E-state index contributed by atoms with van der Waals surface area (Å²) in [5.74, 6) is 1.22. The Labute approximate surface area is 140 Å². The second-order valence-corrected chi connectivity index (χ2v) is 5.40. The lowest BCUT2D eigenvalue weighted by atomic mass is 10.1. The van der Waals surface area contributed by atoms with E-state index in [1.54, 1.807) is 14.0 Å². The van der Waals surface area contributed by atoms with Crippen molar-refractivity contribution in [3.05, 3.63) is 65.9 Å². The van der Waals surface area contributed by atoms with E-state index in [1.165, 1.54) is 0 Å². The normalized spacial score (nSPS) is 10.4. The second kappa shape index (κ2) is 7.00. The molecule has 3 aromatic rings. The first-order valence-corrected chi connectivity index (χ1v) is 7.62. The van der Waals surface area contributed by atoms with Crippen molar-refractivity contribution in [3.8, 4) is 17.0 Å². The first-order chi connectivity index (χ1) is 11.7. The van der Waals surface area contributed by atoms with Crippen LogP contribution in [0.4, 0.5) is 5.69 Å². The zero-order valence-corrected chi connectivity index (χ0v) is 13.6. The molecule has 0 saturated heterocycles. The molecule has 0 atom stereocenters. The number of nitrogens with one attached hydrogen (secondary N) is 1. The predicted molar refractivity (Wildman–Crippen MR) is 92.0 cm³/mol. The minimum absolute atomic E-state index is 0.122. The van der Waals surface area contributed by atoms with E-state index in [1.807, 2.05) is 54.6 Å². The molecule has 0 aliphatic heterocycles. The van der Waals surface area contributed by atoms with E-state index in [0.29, 0.717) is 17.1 Å². The Balaban J connectivity index is 1.76. The SMILES string of the molecule is COc1ccc(CC(=O)Nc2c(-c3ccccc3)noc2C)cc1. The van der Waals surface area contributed by atoms with E-state index in [-0.39, 0.29) is 12.3 Å². The highest BCUT2D eigenvalue weighted by molar-refractivity contribution is 5.96. The molecule has 0 saturated carbocycles. The van der Waals surface area contributed by atoms with Gasteiger partial charge in [-0.25, -0.2) is 0 Å². The highest BCUT2D eigenvalue weighted by Crippen LogP contribution is 2.29. The van der Waals surface area contributed by atoms with Gasteiger partial charge in [0.2, 0.25) is 5.91 Å². The third kappa shape index (κ3) is 3.46. The number of carbonyl (C=O) groups excluding carboxylic acids is 1. The monoisotopic (exact) mass is 322 g/mol. The summed E-state index contributed by atoms with van der Waals surface area (Å²) in [5, 5.41) is 6.97. The van der Waals surface area contributed by atoms with Gasteiger partial charge in [-0.3, -0.25) is 4.79 Å². The van der Waals surface area contributed by atoms with E-state index < -0.39 is 0 Å². The Morgan fingerprint density at radius 3 is 2.50 bits per heavy atom. The molecule has 122 valence electrons. The minimum Gasteiger partial charge on any atom is -0.497 e. The molecule has 0 bridgehead atoms. The summed E-state index contributed by atoms with van der Waals surface area (Å²) in [4.78, 5) is 12.4. The number of aromatic nitrogens is 1. The summed E-state index contributed by atoms with van der Waals surface area (Å²) in [6.45, 7) is 1.78. The van der Waals surface area contributed by atoms with Crippen molar-refractivity contribution < 1.29 is 14.1 Å². The molecule has 0 fully saturated rings. The fraction of sp³-hybridized carbons (Fsp3) is 0.158. The molecule has 1 amide bonds. The zero-order valence-electron chi connectivity index (χ0n) is 13.6. The number of anilines is 1. The summed E-state index contributed by atoms with van der Waals surface area (Å²) in [7, 11) is 1.61. The number of carbonyl (C=O) groups is 1. The Kier molecular flexibility index (Phi) is 4.61. The van der Waals surface area contributed by atoms with Gasteiger partial charge in [-0.15, -0.1) is 0 Å². The van der Waals surface area contributed by atoms with Crippen LogP contribution in [0.1, 0.15) is 11.3 Å². The van der Waals surface area contributed by atoms with Gasteiger partial charge in [0.25, 0.3) is 0 Å². The lowest BCUT2D eigenvalue weighted by Crippen LogP contribution is -2.15. The Morgan fingerprint density at radius 1 is 1.12 bits per heavy atom. The van der Waals surface area contributed by atoms with Gasteiger partial charge in [0.15, 0.2) is 5.76 Å². The number of amides is 1. The van der Waals surface area contributed by atoms with Gasteiger partial charge < -0.3 is 14.6 Å². The van der Waals surface area contributed by atoms with Crippen LogP contribution >= 0.6 is 0 Å². The van der Waals surface area contributed by atoms with Crippen LogP contribution in [0.5, 0.6) is 5.75 Å². The smallest absolute Gasteiger partial charge is 0.228 e. The van der Waals surface area contributed by atoms with Gasteiger partial charge in [0.1, 0.15) is 17.1 Å². The maximum Gasteiger partial charge on any atom is 0.228 e. The van der Waals surface area contributed by atoms with Crippen LogP contribution in [0.15, 0.2) is 59.1 Å². The summed E-state index contributed by atoms with van der Waals surface area (Å²) >= 11 is 0. The van der Waals surface area contributed by atoms with Crippen LogP contribution in [-0.2, 0) is 11.2 Å². The number of aryl methyl sites for hydroxylation is 1. The summed E-state index contributed by atoms with van der Waals surface area (Å²) < 4.78 is 10.4. The minimum atomic E-state index is -0.122. The highest BCUT2D eigenvalue weighted by atomic mass is 16.5. The average Bonchev–Trinajstić information content (AvgIpc) is 2.97. The molecule has 2 aromatic carbocycles. The number of nitrogens with zero attached hydrogens (tertiary/aromatic N) is 1. The van der Waals surface area contributed by atoms with E-state index in [4.69, 9.17) is 9.26 Å². The average molecular weight is 322 g/mol. The number of ether oxygens (including phenoxy) is 1. The summed E-state index contributed by atoms with van der Waals surface area (Å²) in [5.41, 5.74) is 3.05. The molecule has 5 heteroatoms. The van der Waals surface area contributed by atoms with E-state index in [9.17, 15) is 4.79 Å². The number of rotatable bonds is 5. The van der Waals surface area contributed by atoms with Gasteiger partial charge in [-0.2, -0.15) is 0 Å². The third-order valence-electron chi connectivity index (χ3n) is 3.70. The van der Waals surface area contributed by atoms with Crippen molar-refractivity contribution in [1.82, 2.24) is 5.16 Å². The molecule has 0 aliphatic carbocycles. The second-order valence-electron chi connectivity index (χ2n) is 5.40. The lowest BCUT2D eigenvalue weighted by Gasteiger charge is -2.07. The van der Waals surface area contributed by atoms with Crippen molar-refractivity contribution in [3.63, 3.8) is 0 Å². The van der Waals surface area contributed by atoms with E-state index >= 15 is 0 Å². The predicted octanol–water partition coefficient (Wildman–Crippen LogP) is 3.84. The van der Waals surface area contributed by atoms with Gasteiger partial charge in [-0.05, 0) is 24.6 Å². The molecular formula is C19H18N2O3. The van der Waals surface area contributed by atoms with Gasteiger partial charge in [-0.1, -0.05) is 47.6 Å². The molecule has 0 radical (unpaired) electrons. The molecule has 24 heavy (non-hydrogen) atoms. The molecule has 0 aliphatic rings. The fourth-order valence-electron chi connectivity index (χ4n) is 2.42. The molecule has 3 rings (SSSR count). The van der Waals surface area contributed by atoms with Crippen molar-refractivity contribution >= 4 is 11.6 Å². The van der Waals surface area contributed by atoms with Crippen LogP contribution in [-0.4, -0.2) is 18.2 Å². The molecule has 1 aromatic heterocycles. The Morgan fingerprint density at radius 2 is 1.83 bits per heavy atom. The third-order valence-corrected chi connectivity index (χ3v) is 3.70. The highest BCUT2D eigenvalue weighted by Gasteiger charge is 2.17. The fourth-order valence-corrected chi connectivity index (χ4v) is 2.42. The number of methoxy groups -OCH3 is 1. The van der Waals surface area contributed by atoms with E-state index in [2.05, 4.69) is 10.5 Å². The Hall–Kier alpha value is -3.08. The first-order valence-electron chi connectivity index (χ1n) is 7.62. The number of benzene rings is 2. The van der Waals surface area contributed by atoms with Crippen LogP contribution in [0.25, 0.3) is 11.3 Å². The Bertz CT molecular complexity index is 824. The molecule has 0 spiro atoms. The maximum atomic E-state index is 12.4. The lowest BCUT2D eigenvalue weighted by molar-refractivity contribution is -0.115. The van der Waals surface area contributed by atoms with Crippen molar-refractivity contribution in [2.24, 2.45) is 0 Å². The van der Waals surface area contributed by atoms with Gasteiger partial charge >= 0.3 is 0 Å². The summed E-state index contributed by atoms with van der Waals surface area (Å²) in [6, 6.07) is 17.0. The van der Waals surface area contributed by atoms with Crippen molar-refractivity contribution in [2.75, 3.05) is 12.4 Å². The topological polar surface area (TPSA) is 64.4 Å². The first kappa shape index (κ1) is 15.8. The van der Waals surface area contributed by atoms with Crippen LogP contribution < -0.4 is 10.1 Å². The maximum absolute atomic E-state index is 12.4. The number of hydrogen-bond donors (Lipinski definition) is 1. The molecule has 5 nitrogen and oxygen atoms in total. The molecule has 1 N–H and O–H groups in total. The quantitative estimate of drug-likeness (QED) is 0.775. The number of hydrogen-bond acceptors (Lipinski definition) is 4. The van der Waals surface area contributed by atoms with Crippen LogP contribution in [0, 0.1) is 6.92 Å². The standard InChI is InChI=1S/C19H18N2O3/c1-13-18(19(21-24-13)15-6-4-3-5-7-15)20-17(22)12-14-8-10-16(23-2)11-9-14/h3-11H,12H2,1-2H3,(H,20,22). The van der Waals surface area contributed by atoms with Crippen molar-refractivity contribution in [2.45, 2.75) is 13.3 Å². The van der Waals surface area contributed by atoms with E-state index in [0.717, 1.165) is 16.9 Å². The largest absolute Gasteiger partial charge is 0.497 e. The van der Waals surface area contributed by atoms with Crippen molar-refractivity contribution in [1.29, 1.82) is 0 Å². The van der Waals surface area contributed by atoms with Gasteiger partial charge in [0, 0.05) is 5.56 Å².